The number of nitrogens with two attached hydrogens (primary N) is 2. The van der Waals surface area contributed by atoms with Gasteiger partial charge in [0.05, 0.1) is 12.5 Å². The van der Waals surface area contributed by atoms with Crippen LogP contribution in [-0.2, 0) is 44.9 Å². The Morgan fingerprint density at radius 2 is 1.23 bits per heavy atom. The highest BCUT2D eigenvalue weighted by Gasteiger charge is 2.26. The van der Waals surface area contributed by atoms with Gasteiger partial charge >= 0.3 is 5.97 Å². The van der Waals surface area contributed by atoms with Crippen molar-refractivity contribution in [2.45, 2.75) is 69.9 Å². The second-order valence-electron chi connectivity index (χ2n) is 10.3. The zero-order valence-electron chi connectivity index (χ0n) is 24.4. The average Bonchev–Trinajstić information content (AvgIpc) is 2.99. The molecule has 0 aromatic heterocycles. The van der Waals surface area contributed by atoms with Gasteiger partial charge in [-0.15, -0.1) is 24.8 Å². The lowest BCUT2D eigenvalue weighted by Crippen LogP contribution is -2.51. The molecule has 0 heterocycles. The molecule has 8 nitrogen and oxygen atoms in total. The van der Waals surface area contributed by atoms with Crippen molar-refractivity contribution in [2.24, 2.45) is 11.5 Å². The zero-order valence-corrected chi connectivity index (χ0v) is 26.0. The molecule has 0 saturated carbocycles. The first-order chi connectivity index (χ1) is 19.9. The Labute approximate surface area is 267 Å². The molecule has 0 aliphatic rings. The summed E-state index contributed by atoms with van der Waals surface area (Å²) in [5.41, 5.74) is 18.0. The van der Waals surface area contributed by atoms with E-state index in [0.717, 1.165) is 43.2 Å². The van der Waals surface area contributed by atoms with Crippen LogP contribution in [0.1, 0.15) is 54.4 Å². The molecule has 0 aliphatic carbocycles. The first kappa shape index (κ1) is 37.6. The van der Waals surface area contributed by atoms with Crippen molar-refractivity contribution in [2.75, 3.05) is 6.54 Å². The van der Waals surface area contributed by atoms with Crippen LogP contribution in [0, 0.1) is 0 Å². The topological polar surface area (TPSA) is 137 Å². The molecule has 3 rings (SSSR count). The van der Waals surface area contributed by atoms with E-state index in [2.05, 4.69) is 35.1 Å². The molecule has 0 bridgehead atoms. The summed E-state index contributed by atoms with van der Waals surface area (Å²) in [5.74, 6) is -1.68. The van der Waals surface area contributed by atoms with Crippen LogP contribution in [0.4, 0.5) is 0 Å². The molecule has 0 fully saturated rings. The Balaban J connectivity index is 0.00000462. The van der Waals surface area contributed by atoms with Crippen molar-refractivity contribution in [3.05, 3.63) is 107 Å². The van der Waals surface area contributed by atoms with Gasteiger partial charge in [0, 0.05) is 6.42 Å². The third-order valence-corrected chi connectivity index (χ3v) is 6.87. The van der Waals surface area contributed by atoms with E-state index in [0.29, 0.717) is 19.4 Å². The summed E-state index contributed by atoms with van der Waals surface area (Å²) < 4.78 is 0. The molecule has 0 saturated heterocycles. The van der Waals surface area contributed by atoms with E-state index in [1.54, 1.807) is 0 Å². The van der Waals surface area contributed by atoms with Crippen LogP contribution >= 0.6 is 24.8 Å². The van der Waals surface area contributed by atoms with Gasteiger partial charge in [0.1, 0.15) is 6.04 Å². The van der Waals surface area contributed by atoms with Gasteiger partial charge < -0.3 is 21.6 Å². The lowest BCUT2D eigenvalue weighted by molar-refractivity contribution is -0.160. The van der Waals surface area contributed by atoms with E-state index in [9.17, 15) is 14.4 Å². The number of hydrogen-bond acceptors (Lipinski definition) is 6. The fourth-order valence-corrected chi connectivity index (χ4v) is 4.49. The van der Waals surface area contributed by atoms with Crippen LogP contribution in [0.5, 0.6) is 0 Å². The number of carbonyl (C=O) groups excluding carboxylic acids is 3. The lowest BCUT2D eigenvalue weighted by atomic mass is 10.0. The molecular weight excluding hydrogens is 587 g/mol. The lowest BCUT2D eigenvalue weighted by Gasteiger charge is -2.20. The molecule has 6 N–H and O–H groups in total. The highest BCUT2D eigenvalue weighted by Crippen LogP contribution is 2.12. The Kier molecular flexibility index (Phi) is 18.6. The molecule has 0 aliphatic heterocycles. The molecule has 0 spiro atoms. The molecule has 2 atom stereocenters. The number of halogens is 2. The maximum atomic E-state index is 12.9. The van der Waals surface area contributed by atoms with E-state index in [-0.39, 0.29) is 37.7 Å². The summed E-state index contributed by atoms with van der Waals surface area (Å²) >= 11 is 0. The third kappa shape index (κ3) is 14.5. The van der Waals surface area contributed by atoms with E-state index in [4.69, 9.17) is 16.3 Å². The fourth-order valence-electron chi connectivity index (χ4n) is 4.49. The maximum absolute atomic E-state index is 12.9. The molecular formula is C33H44Cl2N4O4. The van der Waals surface area contributed by atoms with Gasteiger partial charge in [0.15, 0.2) is 0 Å². The minimum absolute atomic E-state index is 0. The van der Waals surface area contributed by atoms with Crippen molar-refractivity contribution < 1.29 is 19.2 Å². The van der Waals surface area contributed by atoms with Crippen LogP contribution in [0.2, 0.25) is 0 Å². The number of hydroxylamine groups is 1. The highest BCUT2D eigenvalue weighted by molar-refractivity contribution is 5.88. The van der Waals surface area contributed by atoms with E-state index in [1.807, 2.05) is 60.7 Å². The van der Waals surface area contributed by atoms with Gasteiger partial charge in [-0.3, -0.25) is 9.59 Å². The predicted molar refractivity (Wildman–Crippen MR) is 175 cm³/mol. The predicted octanol–water partition coefficient (Wildman–Crippen LogP) is 4.40. The Morgan fingerprint density at radius 1 is 0.698 bits per heavy atom. The molecule has 0 radical (unpaired) electrons. The number of hydrogen-bond donors (Lipinski definition) is 4. The Hall–Kier alpha value is -3.43. The summed E-state index contributed by atoms with van der Waals surface area (Å²) in [6, 6.07) is 25.8. The normalized spacial score (nSPS) is 11.7. The summed E-state index contributed by atoms with van der Waals surface area (Å²) in [7, 11) is 0. The molecule has 2 amide bonds. The Bertz CT molecular complexity index is 1210. The fraction of sp³-hybridized carbons (Fsp3) is 0.364. The number of rotatable bonds is 16. The zero-order chi connectivity index (χ0) is 29.3. The van der Waals surface area contributed by atoms with E-state index in [1.165, 1.54) is 11.1 Å². The average molecular weight is 632 g/mol. The molecule has 0 unspecified atom stereocenters. The van der Waals surface area contributed by atoms with Gasteiger partial charge in [-0.25, -0.2) is 4.79 Å². The molecule has 10 heteroatoms. The van der Waals surface area contributed by atoms with Gasteiger partial charge in [0.2, 0.25) is 5.91 Å². The first-order valence-corrected chi connectivity index (χ1v) is 14.4. The number of amides is 2. The maximum Gasteiger partial charge on any atom is 0.354 e. The van der Waals surface area contributed by atoms with Crippen molar-refractivity contribution in [3.63, 3.8) is 0 Å². The number of aryl methyl sites for hydroxylation is 2. The number of unbranched alkanes of at least 4 members (excludes halogenated alkanes) is 2. The van der Waals surface area contributed by atoms with Gasteiger partial charge in [-0.2, -0.15) is 5.48 Å². The van der Waals surface area contributed by atoms with Crippen molar-refractivity contribution >= 4 is 42.6 Å². The van der Waals surface area contributed by atoms with Crippen LogP contribution in [0.3, 0.4) is 0 Å². The molecule has 43 heavy (non-hydrogen) atoms. The second-order valence-corrected chi connectivity index (χ2v) is 10.3. The quantitative estimate of drug-likeness (QED) is 0.137. The smallest absolute Gasteiger partial charge is 0.341 e. The third-order valence-electron chi connectivity index (χ3n) is 6.87. The van der Waals surface area contributed by atoms with E-state index < -0.39 is 29.9 Å². The summed E-state index contributed by atoms with van der Waals surface area (Å²) in [4.78, 5) is 43.1. The number of nitrogens with one attached hydrogen (secondary N) is 2. The van der Waals surface area contributed by atoms with Crippen LogP contribution < -0.4 is 22.3 Å². The standard InChI is InChI=1S/C33H42N4O4.2ClH/c34-22-10-9-17-29(35)32(39)36-30(23-27-15-5-2-6-16-27)33(40)41-37-31(38)24-28-20-18-26(19-21-28)14-8-7-13-25-11-3-1-4-12-25;;/h1-6,11-12,15-16,18-21,29-30H,7-10,13-14,17,22-24,34-35H2,(H,36,39)(H,37,38);2*1H/t29-,30-;;/m0../s1. The van der Waals surface area contributed by atoms with Crippen molar-refractivity contribution in [1.29, 1.82) is 0 Å². The molecule has 234 valence electrons. The monoisotopic (exact) mass is 630 g/mol. The highest BCUT2D eigenvalue weighted by atomic mass is 35.5. The minimum Gasteiger partial charge on any atom is -0.341 e. The summed E-state index contributed by atoms with van der Waals surface area (Å²) in [6.07, 6.45) is 6.43. The van der Waals surface area contributed by atoms with Crippen molar-refractivity contribution in [1.82, 2.24) is 10.8 Å². The summed E-state index contributed by atoms with van der Waals surface area (Å²) in [5, 5.41) is 2.68. The molecule has 3 aromatic rings. The largest absolute Gasteiger partial charge is 0.354 e. The minimum atomic E-state index is -1.01. The van der Waals surface area contributed by atoms with Gasteiger partial charge in [-0.05, 0) is 67.3 Å². The first-order valence-electron chi connectivity index (χ1n) is 14.4. The van der Waals surface area contributed by atoms with Crippen LogP contribution in [-0.4, -0.2) is 36.4 Å². The van der Waals surface area contributed by atoms with Gasteiger partial charge in [-0.1, -0.05) is 91.3 Å². The van der Waals surface area contributed by atoms with Gasteiger partial charge in [0.25, 0.3) is 5.91 Å². The van der Waals surface area contributed by atoms with E-state index >= 15 is 0 Å². The molecule has 3 aromatic carbocycles. The number of carbonyl (C=O) groups is 3. The summed E-state index contributed by atoms with van der Waals surface area (Å²) in [6.45, 7) is 0.524. The van der Waals surface area contributed by atoms with Crippen molar-refractivity contribution in [3.8, 4) is 0 Å². The SMILES string of the molecule is Cl.Cl.NCCCC[C@H](N)C(=O)N[C@@H](Cc1ccccc1)C(=O)ONC(=O)Cc1ccc(CCCCc2ccccc2)cc1. The van der Waals surface area contributed by atoms with Crippen LogP contribution in [0.15, 0.2) is 84.9 Å². The Morgan fingerprint density at radius 3 is 1.81 bits per heavy atom. The second kappa shape index (κ2) is 21.3. The van der Waals surface area contributed by atoms with Crippen LogP contribution in [0.25, 0.3) is 0 Å². The number of benzene rings is 3.